The first-order chi connectivity index (χ1) is 8.43. The summed E-state index contributed by atoms with van der Waals surface area (Å²) in [5.74, 6) is -0.394. The quantitative estimate of drug-likeness (QED) is 0.847. The van der Waals surface area contributed by atoms with E-state index in [1.165, 1.54) is 0 Å². The zero-order chi connectivity index (χ0) is 13.6. The summed E-state index contributed by atoms with van der Waals surface area (Å²) >= 11 is 0. The summed E-state index contributed by atoms with van der Waals surface area (Å²) in [5, 5.41) is 2.71. The number of carbonyl (C=O) groups is 1. The lowest BCUT2D eigenvalue weighted by molar-refractivity contribution is 0.158. The highest BCUT2D eigenvalue weighted by molar-refractivity contribution is 7.90. The minimum atomic E-state index is -3.75. The van der Waals surface area contributed by atoms with Crippen LogP contribution in [0.1, 0.15) is 12.5 Å². The Morgan fingerprint density at radius 2 is 2.11 bits per heavy atom. The van der Waals surface area contributed by atoms with Crippen LogP contribution in [0.2, 0.25) is 0 Å². The van der Waals surface area contributed by atoms with Gasteiger partial charge in [-0.3, -0.25) is 0 Å². The molecule has 0 unspecified atom stereocenters. The standard InChI is InChI=1S/C11H16N2O4S/c1-3-17-11(14)13-18(15,16)8-12-10-6-4-5-9(2)7-10/h4-7,12H,3,8H2,1-2H3,(H,13,14). The van der Waals surface area contributed by atoms with Gasteiger partial charge in [0, 0.05) is 5.69 Å². The summed E-state index contributed by atoms with van der Waals surface area (Å²) < 4.78 is 29.3. The summed E-state index contributed by atoms with van der Waals surface area (Å²) in [5.41, 5.74) is 1.68. The van der Waals surface area contributed by atoms with E-state index in [1.807, 2.05) is 19.1 Å². The van der Waals surface area contributed by atoms with Crippen LogP contribution in [0.4, 0.5) is 10.5 Å². The van der Waals surface area contributed by atoms with Crippen molar-refractivity contribution in [2.75, 3.05) is 17.8 Å². The van der Waals surface area contributed by atoms with E-state index in [9.17, 15) is 13.2 Å². The molecule has 1 aromatic rings. The highest BCUT2D eigenvalue weighted by atomic mass is 32.2. The molecule has 0 saturated carbocycles. The molecule has 0 radical (unpaired) electrons. The Hall–Kier alpha value is -1.76. The maximum absolute atomic E-state index is 11.5. The fraction of sp³-hybridized carbons (Fsp3) is 0.364. The van der Waals surface area contributed by atoms with Crippen LogP contribution < -0.4 is 10.0 Å². The number of anilines is 1. The summed E-state index contributed by atoms with van der Waals surface area (Å²) in [6, 6.07) is 7.26. The molecule has 6 nitrogen and oxygen atoms in total. The number of carbonyl (C=O) groups excluding carboxylic acids is 1. The molecule has 0 atom stereocenters. The minimum absolute atomic E-state index is 0.118. The van der Waals surface area contributed by atoms with Crippen LogP contribution in [0.15, 0.2) is 24.3 Å². The van der Waals surface area contributed by atoms with Crippen molar-refractivity contribution in [3.05, 3.63) is 29.8 Å². The number of ether oxygens (including phenoxy) is 1. The lowest BCUT2D eigenvalue weighted by Gasteiger charge is -2.09. The summed E-state index contributed by atoms with van der Waals surface area (Å²) in [7, 11) is -3.75. The minimum Gasteiger partial charge on any atom is -0.449 e. The van der Waals surface area contributed by atoms with Gasteiger partial charge in [-0.25, -0.2) is 17.9 Å². The molecule has 0 aliphatic rings. The van der Waals surface area contributed by atoms with Gasteiger partial charge in [0.15, 0.2) is 0 Å². The second-order valence-corrected chi connectivity index (χ2v) is 5.35. The van der Waals surface area contributed by atoms with E-state index in [2.05, 4.69) is 10.1 Å². The molecular weight excluding hydrogens is 256 g/mol. The fourth-order valence-electron chi connectivity index (χ4n) is 1.26. The highest BCUT2D eigenvalue weighted by Gasteiger charge is 2.14. The molecule has 2 N–H and O–H groups in total. The number of sulfonamides is 1. The summed E-state index contributed by atoms with van der Waals surface area (Å²) in [4.78, 5) is 11.0. The lowest BCUT2D eigenvalue weighted by Crippen LogP contribution is -2.35. The van der Waals surface area contributed by atoms with Gasteiger partial charge in [0.05, 0.1) is 6.61 Å². The smallest absolute Gasteiger partial charge is 0.420 e. The van der Waals surface area contributed by atoms with E-state index in [0.717, 1.165) is 5.56 Å². The number of hydrogen-bond donors (Lipinski definition) is 2. The molecule has 0 aliphatic carbocycles. The fourth-order valence-corrected chi connectivity index (χ4v) is 2.00. The van der Waals surface area contributed by atoms with Gasteiger partial charge in [0.1, 0.15) is 5.88 Å². The number of hydrogen-bond acceptors (Lipinski definition) is 5. The largest absolute Gasteiger partial charge is 0.449 e. The maximum Gasteiger partial charge on any atom is 0.420 e. The van der Waals surface area contributed by atoms with Crippen LogP contribution >= 0.6 is 0 Å². The third-order valence-electron chi connectivity index (χ3n) is 2.00. The van der Waals surface area contributed by atoms with Crippen LogP contribution in [0.5, 0.6) is 0 Å². The molecule has 1 amide bonds. The van der Waals surface area contributed by atoms with Gasteiger partial charge < -0.3 is 10.1 Å². The Labute approximate surface area is 106 Å². The highest BCUT2D eigenvalue weighted by Crippen LogP contribution is 2.09. The average Bonchev–Trinajstić information content (AvgIpc) is 2.26. The molecule has 100 valence electrons. The van der Waals surface area contributed by atoms with Gasteiger partial charge in [-0.2, -0.15) is 0 Å². The zero-order valence-corrected chi connectivity index (χ0v) is 11.1. The van der Waals surface area contributed by atoms with Crippen molar-refractivity contribution in [1.82, 2.24) is 4.72 Å². The third-order valence-corrected chi connectivity index (χ3v) is 3.00. The van der Waals surface area contributed by atoms with Crippen LogP contribution in [0.3, 0.4) is 0 Å². The molecule has 1 aromatic carbocycles. The predicted molar refractivity (Wildman–Crippen MR) is 68.7 cm³/mol. The van der Waals surface area contributed by atoms with Gasteiger partial charge in [-0.15, -0.1) is 0 Å². The molecule has 18 heavy (non-hydrogen) atoms. The summed E-state index contributed by atoms with van der Waals surface area (Å²) in [6.07, 6.45) is -0.969. The molecular formula is C11H16N2O4S. The molecule has 0 heterocycles. The summed E-state index contributed by atoms with van der Waals surface area (Å²) in [6.45, 7) is 3.61. The zero-order valence-electron chi connectivity index (χ0n) is 10.3. The Balaban J connectivity index is 2.54. The topological polar surface area (TPSA) is 84.5 Å². The maximum atomic E-state index is 11.5. The Morgan fingerprint density at radius 3 is 2.72 bits per heavy atom. The van der Waals surface area contributed by atoms with Gasteiger partial charge in [0.2, 0.25) is 0 Å². The van der Waals surface area contributed by atoms with E-state index in [4.69, 9.17) is 0 Å². The number of benzene rings is 1. The monoisotopic (exact) mass is 272 g/mol. The van der Waals surface area contributed by atoms with Crippen LogP contribution in [0, 0.1) is 6.92 Å². The second kappa shape index (κ2) is 6.25. The van der Waals surface area contributed by atoms with Gasteiger partial charge in [-0.05, 0) is 31.5 Å². The van der Waals surface area contributed by atoms with Gasteiger partial charge in [-0.1, -0.05) is 12.1 Å². The number of rotatable bonds is 5. The molecule has 0 aliphatic heterocycles. The van der Waals surface area contributed by atoms with E-state index >= 15 is 0 Å². The normalized spacial score (nSPS) is 10.8. The van der Waals surface area contributed by atoms with Crippen molar-refractivity contribution in [3.8, 4) is 0 Å². The SMILES string of the molecule is CCOC(=O)NS(=O)(=O)CNc1cccc(C)c1. The number of nitrogens with one attached hydrogen (secondary N) is 2. The lowest BCUT2D eigenvalue weighted by atomic mass is 10.2. The van der Waals surface area contributed by atoms with Crippen molar-refractivity contribution < 1.29 is 17.9 Å². The first-order valence-electron chi connectivity index (χ1n) is 5.41. The van der Waals surface area contributed by atoms with Crippen molar-refractivity contribution in [2.24, 2.45) is 0 Å². The number of aryl methyl sites for hydroxylation is 1. The van der Waals surface area contributed by atoms with Crippen LogP contribution in [-0.2, 0) is 14.8 Å². The average molecular weight is 272 g/mol. The van der Waals surface area contributed by atoms with Gasteiger partial charge in [0.25, 0.3) is 10.0 Å². The van der Waals surface area contributed by atoms with Crippen molar-refractivity contribution in [2.45, 2.75) is 13.8 Å². The van der Waals surface area contributed by atoms with Gasteiger partial charge >= 0.3 is 6.09 Å². The molecule has 0 fully saturated rings. The van der Waals surface area contributed by atoms with E-state index in [0.29, 0.717) is 5.69 Å². The van der Waals surface area contributed by atoms with Crippen LogP contribution in [0.25, 0.3) is 0 Å². The second-order valence-electron chi connectivity index (χ2n) is 3.63. The predicted octanol–water partition coefficient (Wildman–Crippen LogP) is 1.44. The van der Waals surface area contributed by atoms with Crippen molar-refractivity contribution >= 4 is 21.8 Å². The van der Waals surface area contributed by atoms with Crippen LogP contribution in [-0.4, -0.2) is 27.0 Å². The van der Waals surface area contributed by atoms with Crippen molar-refractivity contribution in [1.29, 1.82) is 0 Å². The molecule has 1 rings (SSSR count). The number of amides is 1. The molecule has 0 saturated heterocycles. The Morgan fingerprint density at radius 1 is 1.39 bits per heavy atom. The Bertz CT molecular complexity index is 514. The van der Waals surface area contributed by atoms with Crippen molar-refractivity contribution in [3.63, 3.8) is 0 Å². The first kappa shape index (κ1) is 14.3. The molecule has 0 spiro atoms. The first-order valence-corrected chi connectivity index (χ1v) is 7.06. The Kier molecular flexibility index (Phi) is 4.96. The third kappa shape index (κ3) is 5.05. The molecule has 0 bridgehead atoms. The van der Waals surface area contributed by atoms with E-state index < -0.39 is 22.0 Å². The van der Waals surface area contributed by atoms with E-state index in [-0.39, 0.29) is 6.61 Å². The molecule has 7 heteroatoms. The molecule has 0 aromatic heterocycles. The van der Waals surface area contributed by atoms with E-state index in [1.54, 1.807) is 23.8 Å².